The van der Waals surface area contributed by atoms with Crippen molar-refractivity contribution >= 4 is 11.9 Å². The van der Waals surface area contributed by atoms with Crippen LogP contribution in [0.5, 0.6) is 17.2 Å². The monoisotopic (exact) mass is 410 g/mol. The number of rotatable bonds is 7. The van der Waals surface area contributed by atoms with Gasteiger partial charge in [-0.1, -0.05) is 19.4 Å². The molecule has 0 atom stereocenters. The first-order valence-corrected chi connectivity index (χ1v) is 10.4. The number of allylic oxidation sites excluding steroid dienone is 1. The van der Waals surface area contributed by atoms with Crippen LogP contribution in [0.4, 0.5) is 0 Å². The van der Waals surface area contributed by atoms with Gasteiger partial charge in [0.05, 0.1) is 5.56 Å². The van der Waals surface area contributed by atoms with Crippen LogP contribution in [0.2, 0.25) is 0 Å². The quantitative estimate of drug-likeness (QED) is 0.413. The Morgan fingerprint density at radius 1 is 0.933 bits per heavy atom. The molecule has 0 spiro atoms. The Hall–Kier alpha value is -2.75. The van der Waals surface area contributed by atoms with E-state index in [1.54, 1.807) is 18.2 Å². The summed E-state index contributed by atoms with van der Waals surface area (Å²) in [6.45, 7) is 14.1. The number of carbonyl (C=O) groups is 1. The lowest BCUT2D eigenvalue weighted by Gasteiger charge is -2.28. The largest absolute Gasteiger partial charge is 0.508 e. The van der Waals surface area contributed by atoms with E-state index in [1.807, 2.05) is 53.7 Å². The maximum absolute atomic E-state index is 12.7. The topological polar surface area (TPSA) is 55.8 Å². The Balaban J connectivity index is 2.56. The van der Waals surface area contributed by atoms with Gasteiger partial charge in [0.25, 0.3) is 0 Å². The number of hydrogen-bond donors (Lipinski definition) is 1. The molecule has 4 heteroatoms. The molecule has 2 rings (SSSR count). The molecule has 0 unspecified atom stereocenters. The fraction of sp³-hybridized carbons (Fsp3) is 0.423. The molecule has 0 aromatic heterocycles. The zero-order valence-corrected chi connectivity index (χ0v) is 19.2. The van der Waals surface area contributed by atoms with Crippen LogP contribution >= 0.6 is 0 Å². The Morgan fingerprint density at radius 3 is 2.07 bits per heavy atom. The second-order valence-corrected chi connectivity index (χ2v) is 9.39. The SMILES string of the molecule is CCCc1ccc(OC(C)(C)C)c(/C=C/C(=O)c2ccc(O)cc2)c1OC(C)(C)C. The van der Waals surface area contributed by atoms with Gasteiger partial charge in [-0.15, -0.1) is 0 Å². The zero-order valence-electron chi connectivity index (χ0n) is 19.2. The van der Waals surface area contributed by atoms with E-state index in [1.165, 1.54) is 18.2 Å². The molecule has 0 saturated heterocycles. The number of hydrogen-bond acceptors (Lipinski definition) is 4. The van der Waals surface area contributed by atoms with E-state index in [2.05, 4.69) is 6.92 Å². The minimum absolute atomic E-state index is 0.129. The number of aromatic hydroxyl groups is 1. The van der Waals surface area contributed by atoms with Crippen LogP contribution in [0.15, 0.2) is 42.5 Å². The Kier molecular flexibility index (Phi) is 7.35. The molecule has 0 aliphatic carbocycles. The summed E-state index contributed by atoms with van der Waals surface area (Å²) >= 11 is 0. The van der Waals surface area contributed by atoms with Crippen molar-refractivity contribution in [2.75, 3.05) is 0 Å². The van der Waals surface area contributed by atoms with E-state index in [9.17, 15) is 9.90 Å². The number of phenolic OH excluding ortho intramolecular Hbond substituents is 1. The molecule has 2 aromatic carbocycles. The average molecular weight is 411 g/mol. The molecule has 0 heterocycles. The third-order valence-electron chi connectivity index (χ3n) is 4.13. The number of aryl methyl sites for hydroxylation is 1. The first kappa shape index (κ1) is 23.5. The van der Waals surface area contributed by atoms with Crippen molar-refractivity contribution in [3.05, 3.63) is 59.2 Å². The fourth-order valence-corrected chi connectivity index (χ4v) is 2.98. The molecule has 0 aliphatic heterocycles. The van der Waals surface area contributed by atoms with Gasteiger partial charge >= 0.3 is 0 Å². The van der Waals surface area contributed by atoms with E-state index in [0.717, 1.165) is 29.7 Å². The number of phenols is 1. The van der Waals surface area contributed by atoms with E-state index in [4.69, 9.17) is 9.47 Å². The first-order valence-electron chi connectivity index (χ1n) is 10.4. The van der Waals surface area contributed by atoms with Crippen LogP contribution in [-0.2, 0) is 6.42 Å². The van der Waals surface area contributed by atoms with Crippen LogP contribution in [-0.4, -0.2) is 22.1 Å². The average Bonchev–Trinajstić information content (AvgIpc) is 2.61. The van der Waals surface area contributed by atoms with Crippen LogP contribution in [0, 0.1) is 0 Å². The summed E-state index contributed by atoms with van der Waals surface area (Å²) in [5.74, 6) is 1.40. The van der Waals surface area contributed by atoms with Gasteiger partial charge in [-0.2, -0.15) is 0 Å². The summed E-state index contributed by atoms with van der Waals surface area (Å²) in [5.41, 5.74) is 1.56. The predicted molar refractivity (Wildman–Crippen MR) is 123 cm³/mol. The van der Waals surface area contributed by atoms with E-state index < -0.39 is 11.2 Å². The highest BCUT2D eigenvalue weighted by Gasteiger charge is 2.22. The van der Waals surface area contributed by atoms with Crippen molar-refractivity contribution in [3.8, 4) is 17.2 Å². The highest BCUT2D eigenvalue weighted by molar-refractivity contribution is 6.07. The van der Waals surface area contributed by atoms with E-state index in [-0.39, 0.29) is 11.5 Å². The lowest BCUT2D eigenvalue weighted by Crippen LogP contribution is -2.26. The number of ether oxygens (including phenoxy) is 2. The first-order chi connectivity index (χ1) is 13.9. The molecule has 0 saturated carbocycles. The van der Waals surface area contributed by atoms with Crippen molar-refractivity contribution in [1.29, 1.82) is 0 Å². The van der Waals surface area contributed by atoms with Gasteiger partial charge in [0.15, 0.2) is 5.78 Å². The molecule has 0 fully saturated rings. The van der Waals surface area contributed by atoms with Crippen molar-refractivity contribution in [3.63, 3.8) is 0 Å². The van der Waals surface area contributed by atoms with Gasteiger partial charge in [-0.3, -0.25) is 4.79 Å². The van der Waals surface area contributed by atoms with Crippen molar-refractivity contribution < 1.29 is 19.4 Å². The summed E-state index contributed by atoms with van der Waals surface area (Å²) < 4.78 is 12.5. The lowest BCUT2D eigenvalue weighted by molar-refractivity contribution is 0.104. The Labute approximate surface area is 180 Å². The van der Waals surface area contributed by atoms with Gasteiger partial charge in [0.1, 0.15) is 28.5 Å². The summed E-state index contributed by atoms with van der Waals surface area (Å²) in [5, 5.41) is 9.45. The minimum atomic E-state index is -0.396. The normalized spacial score (nSPS) is 12.2. The van der Waals surface area contributed by atoms with Gasteiger partial charge in [0.2, 0.25) is 0 Å². The van der Waals surface area contributed by atoms with Crippen molar-refractivity contribution in [2.45, 2.75) is 72.5 Å². The van der Waals surface area contributed by atoms with Crippen LogP contribution in [0.1, 0.15) is 76.4 Å². The second kappa shape index (κ2) is 9.38. The maximum atomic E-state index is 12.7. The molecule has 162 valence electrons. The molecular weight excluding hydrogens is 376 g/mol. The molecule has 30 heavy (non-hydrogen) atoms. The number of benzene rings is 2. The van der Waals surface area contributed by atoms with Gasteiger partial charge in [-0.05, 0) is 96.0 Å². The van der Waals surface area contributed by atoms with Crippen LogP contribution < -0.4 is 9.47 Å². The zero-order chi connectivity index (χ0) is 22.5. The number of ketones is 1. The molecule has 4 nitrogen and oxygen atoms in total. The van der Waals surface area contributed by atoms with Crippen molar-refractivity contribution in [2.24, 2.45) is 0 Å². The Morgan fingerprint density at radius 2 is 1.53 bits per heavy atom. The van der Waals surface area contributed by atoms with E-state index in [0.29, 0.717) is 11.3 Å². The number of carbonyl (C=O) groups excluding carboxylic acids is 1. The fourth-order valence-electron chi connectivity index (χ4n) is 2.98. The lowest BCUT2D eigenvalue weighted by atomic mass is 10.0. The highest BCUT2D eigenvalue weighted by atomic mass is 16.5. The van der Waals surface area contributed by atoms with Gasteiger partial charge in [-0.25, -0.2) is 0 Å². The summed E-state index contributed by atoms with van der Waals surface area (Å²) in [4.78, 5) is 12.7. The van der Waals surface area contributed by atoms with Crippen molar-refractivity contribution in [1.82, 2.24) is 0 Å². The van der Waals surface area contributed by atoms with Crippen LogP contribution in [0.25, 0.3) is 6.08 Å². The third kappa shape index (κ3) is 6.94. The Bertz CT molecular complexity index is 894. The molecule has 0 bridgehead atoms. The summed E-state index contributed by atoms with van der Waals surface area (Å²) in [6, 6.07) is 10.2. The molecular formula is C26H34O4. The minimum Gasteiger partial charge on any atom is -0.508 e. The smallest absolute Gasteiger partial charge is 0.185 e. The summed E-state index contributed by atoms with van der Waals surface area (Å²) in [7, 11) is 0. The third-order valence-corrected chi connectivity index (χ3v) is 4.13. The highest BCUT2D eigenvalue weighted by Crippen LogP contribution is 2.38. The standard InChI is InChI=1S/C26H34O4/c1-8-9-19-12-17-23(29-25(2,3)4)21(24(19)30-26(5,6)7)15-16-22(28)18-10-13-20(27)14-11-18/h10-17,27H,8-9H2,1-7H3/b16-15+. The molecule has 1 N–H and O–H groups in total. The molecule has 0 radical (unpaired) electrons. The predicted octanol–water partition coefficient (Wildman–Crippen LogP) is 6.60. The van der Waals surface area contributed by atoms with E-state index >= 15 is 0 Å². The van der Waals surface area contributed by atoms with Gasteiger partial charge in [0, 0.05) is 5.56 Å². The maximum Gasteiger partial charge on any atom is 0.185 e. The molecule has 2 aromatic rings. The molecule has 0 aliphatic rings. The molecule has 0 amide bonds. The van der Waals surface area contributed by atoms with Gasteiger partial charge < -0.3 is 14.6 Å². The second-order valence-electron chi connectivity index (χ2n) is 9.39. The van der Waals surface area contributed by atoms with Crippen LogP contribution in [0.3, 0.4) is 0 Å². The summed E-state index contributed by atoms with van der Waals surface area (Å²) in [6.07, 6.45) is 5.16.